The molecule has 0 radical (unpaired) electrons. The van der Waals surface area contributed by atoms with E-state index in [1.807, 2.05) is 26.1 Å². The van der Waals surface area contributed by atoms with Crippen molar-refractivity contribution in [2.45, 2.75) is 25.8 Å². The molecular weight excluding hydrogens is 331 g/mol. The lowest BCUT2D eigenvalue weighted by Crippen LogP contribution is -2.56. The highest BCUT2D eigenvalue weighted by Gasteiger charge is 2.31. The summed E-state index contributed by atoms with van der Waals surface area (Å²) < 4.78 is 13.1. The molecule has 0 saturated carbocycles. The van der Waals surface area contributed by atoms with E-state index < -0.39 is 0 Å². The molecular formula is C20H31FN4O. The van der Waals surface area contributed by atoms with Gasteiger partial charge in [0, 0.05) is 45.0 Å². The maximum Gasteiger partial charge on any atom is 0.239 e. The van der Waals surface area contributed by atoms with Gasteiger partial charge in [0.2, 0.25) is 5.91 Å². The molecule has 2 heterocycles. The minimum absolute atomic E-state index is 0.0706. The molecule has 0 aromatic heterocycles. The van der Waals surface area contributed by atoms with Gasteiger partial charge >= 0.3 is 0 Å². The Morgan fingerprint density at radius 1 is 1.19 bits per heavy atom. The van der Waals surface area contributed by atoms with Crippen molar-refractivity contribution >= 4 is 11.6 Å². The van der Waals surface area contributed by atoms with Crippen LogP contribution < -0.4 is 10.2 Å². The molecule has 0 aliphatic carbocycles. The van der Waals surface area contributed by atoms with E-state index in [2.05, 4.69) is 20.0 Å². The highest BCUT2D eigenvalue weighted by molar-refractivity contribution is 5.81. The van der Waals surface area contributed by atoms with E-state index in [-0.39, 0.29) is 17.8 Å². The van der Waals surface area contributed by atoms with E-state index in [4.69, 9.17) is 0 Å². The van der Waals surface area contributed by atoms with Gasteiger partial charge in [0.25, 0.3) is 0 Å². The lowest BCUT2D eigenvalue weighted by Gasteiger charge is -2.41. The van der Waals surface area contributed by atoms with Crippen molar-refractivity contribution in [3.8, 4) is 0 Å². The number of benzene rings is 1. The van der Waals surface area contributed by atoms with E-state index in [1.54, 1.807) is 0 Å². The van der Waals surface area contributed by atoms with Crippen molar-refractivity contribution in [3.05, 3.63) is 30.1 Å². The van der Waals surface area contributed by atoms with Crippen LogP contribution in [0.25, 0.3) is 0 Å². The topological polar surface area (TPSA) is 38.8 Å². The first kappa shape index (κ1) is 19.1. The summed E-state index contributed by atoms with van der Waals surface area (Å²) in [6, 6.07) is 6.60. The molecule has 0 bridgehead atoms. The maximum absolute atomic E-state index is 13.1. The van der Waals surface area contributed by atoms with Crippen LogP contribution in [0.1, 0.15) is 19.8 Å². The standard InChI is InChI=1S/C20H31FN4O/c1-16(20(26)25-9-3-4-17(15-25)14-22-2)23-10-12-24(13-11-23)19-7-5-18(21)6-8-19/h5-8,16-17,22H,3-4,9-15H2,1-2H3. The highest BCUT2D eigenvalue weighted by atomic mass is 19.1. The first-order valence-electron chi connectivity index (χ1n) is 9.76. The van der Waals surface area contributed by atoms with E-state index in [9.17, 15) is 9.18 Å². The monoisotopic (exact) mass is 362 g/mol. The Morgan fingerprint density at radius 2 is 1.88 bits per heavy atom. The summed E-state index contributed by atoms with van der Waals surface area (Å²) in [5.74, 6) is 0.631. The predicted octanol–water partition coefficient (Wildman–Crippen LogP) is 1.79. The average Bonchev–Trinajstić information content (AvgIpc) is 2.68. The number of rotatable bonds is 5. The van der Waals surface area contributed by atoms with Crippen LogP contribution in [0.4, 0.5) is 10.1 Å². The Morgan fingerprint density at radius 3 is 2.54 bits per heavy atom. The quantitative estimate of drug-likeness (QED) is 0.867. The second kappa shape index (κ2) is 8.82. The van der Waals surface area contributed by atoms with Crippen molar-refractivity contribution in [1.82, 2.24) is 15.1 Å². The first-order valence-corrected chi connectivity index (χ1v) is 9.76. The SMILES string of the molecule is CNCC1CCCN(C(=O)C(C)N2CCN(c3ccc(F)cc3)CC2)C1. The van der Waals surface area contributed by atoms with Crippen LogP contribution in [0, 0.1) is 11.7 Å². The first-order chi connectivity index (χ1) is 12.6. The van der Waals surface area contributed by atoms with Crippen LogP contribution in [-0.2, 0) is 4.79 Å². The number of anilines is 1. The third kappa shape index (κ3) is 4.54. The summed E-state index contributed by atoms with van der Waals surface area (Å²) in [6.07, 6.45) is 2.30. The zero-order valence-electron chi connectivity index (χ0n) is 16.0. The summed E-state index contributed by atoms with van der Waals surface area (Å²) in [5, 5.41) is 3.24. The molecule has 1 N–H and O–H groups in total. The molecule has 6 heteroatoms. The van der Waals surface area contributed by atoms with E-state index in [0.29, 0.717) is 5.92 Å². The lowest BCUT2D eigenvalue weighted by atomic mass is 9.97. The Kier molecular flexibility index (Phi) is 6.48. The van der Waals surface area contributed by atoms with Gasteiger partial charge in [0.05, 0.1) is 6.04 Å². The fraction of sp³-hybridized carbons (Fsp3) is 0.650. The summed E-state index contributed by atoms with van der Waals surface area (Å²) in [5.41, 5.74) is 1.05. The van der Waals surface area contributed by atoms with Gasteiger partial charge in [0.1, 0.15) is 5.82 Å². The van der Waals surface area contributed by atoms with Crippen LogP contribution in [0.2, 0.25) is 0 Å². The Bertz CT molecular complexity index is 584. The van der Waals surface area contributed by atoms with Crippen LogP contribution in [0.5, 0.6) is 0 Å². The summed E-state index contributed by atoms with van der Waals surface area (Å²) in [7, 11) is 1.98. The van der Waals surface area contributed by atoms with Crippen molar-refractivity contribution in [1.29, 1.82) is 0 Å². The molecule has 3 rings (SSSR count). The molecule has 2 fully saturated rings. The molecule has 26 heavy (non-hydrogen) atoms. The smallest absolute Gasteiger partial charge is 0.239 e. The zero-order chi connectivity index (χ0) is 18.5. The van der Waals surface area contributed by atoms with Crippen molar-refractivity contribution in [3.63, 3.8) is 0 Å². The number of hydrogen-bond donors (Lipinski definition) is 1. The fourth-order valence-corrected chi connectivity index (χ4v) is 4.16. The second-order valence-corrected chi connectivity index (χ2v) is 7.53. The minimum atomic E-state index is -0.204. The van der Waals surface area contributed by atoms with Gasteiger partial charge in [-0.05, 0) is 63.5 Å². The Hall–Kier alpha value is -1.66. The molecule has 2 aliphatic heterocycles. The highest BCUT2D eigenvalue weighted by Crippen LogP contribution is 2.20. The normalized spacial score (nSPS) is 23.1. The van der Waals surface area contributed by atoms with Crippen LogP contribution in [0.3, 0.4) is 0 Å². The van der Waals surface area contributed by atoms with Gasteiger partial charge in [-0.15, -0.1) is 0 Å². The number of halogens is 1. The number of nitrogens with one attached hydrogen (secondary N) is 1. The second-order valence-electron chi connectivity index (χ2n) is 7.53. The van der Waals surface area contributed by atoms with Crippen molar-refractivity contribution in [2.24, 2.45) is 5.92 Å². The molecule has 1 aromatic carbocycles. The van der Waals surface area contributed by atoms with Crippen LogP contribution in [0.15, 0.2) is 24.3 Å². The summed E-state index contributed by atoms with van der Waals surface area (Å²) in [4.78, 5) is 19.5. The largest absolute Gasteiger partial charge is 0.369 e. The van der Waals surface area contributed by atoms with E-state index >= 15 is 0 Å². The Balaban J connectivity index is 1.52. The van der Waals surface area contributed by atoms with Gasteiger partial charge in [-0.2, -0.15) is 0 Å². The number of carbonyl (C=O) groups is 1. The minimum Gasteiger partial charge on any atom is -0.369 e. The van der Waals surface area contributed by atoms with E-state index in [1.165, 1.54) is 18.6 Å². The van der Waals surface area contributed by atoms with Crippen molar-refractivity contribution in [2.75, 3.05) is 57.8 Å². The molecule has 144 valence electrons. The summed E-state index contributed by atoms with van der Waals surface area (Å²) >= 11 is 0. The molecule has 0 spiro atoms. The Labute approximate surface area is 156 Å². The number of carbonyl (C=O) groups excluding carboxylic acids is 1. The third-order valence-electron chi connectivity index (χ3n) is 5.73. The van der Waals surface area contributed by atoms with Gasteiger partial charge in [-0.25, -0.2) is 4.39 Å². The molecule has 5 nitrogen and oxygen atoms in total. The van der Waals surface area contributed by atoms with E-state index in [0.717, 1.165) is 57.9 Å². The maximum atomic E-state index is 13.1. The predicted molar refractivity (Wildman–Crippen MR) is 103 cm³/mol. The molecule has 2 aliphatic rings. The van der Waals surface area contributed by atoms with Crippen molar-refractivity contribution < 1.29 is 9.18 Å². The number of hydrogen-bond acceptors (Lipinski definition) is 4. The summed E-state index contributed by atoms with van der Waals surface area (Å²) in [6.45, 7) is 8.23. The zero-order valence-corrected chi connectivity index (χ0v) is 16.0. The van der Waals surface area contributed by atoms with Crippen LogP contribution >= 0.6 is 0 Å². The number of piperidine rings is 1. The molecule has 2 saturated heterocycles. The lowest BCUT2D eigenvalue weighted by molar-refractivity contribution is -0.138. The molecule has 2 unspecified atom stereocenters. The number of nitrogens with zero attached hydrogens (tertiary/aromatic N) is 3. The van der Waals surface area contributed by atoms with Crippen LogP contribution in [-0.4, -0.2) is 74.6 Å². The number of amides is 1. The number of likely N-dealkylation sites (tertiary alicyclic amines) is 1. The molecule has 1 amide bonds. The van der Waals surface area contributed by atoms with Gasteiger partial charge < -0.3 is 15.1 Å². The van der Waals surface area contributed by atoms with Gasteiger partial charge in [0.15, 0.2) is 0 Å². The average molecular weight is 362 g/mol. The third-order valence-corrected chi connectivity index (χ3v) is 5.73. The van der Waals surface area contributed by atoms with Gasteiger partial charge in [-0.3, -0.25) is 9.69 Å². The van der Waals surface area contributed by atoms with Gasteiger partial charge in [-0.1, -0.05) is 0 Å². The fourth-order valence-electron chi connectivity index (χ4n) is 4.16. The molecule has 2 atom stereocenters. The number of piperazine rings is 1. The molecule has 1 aromatic rings.